The molecule has 0 radical (unpaired) electrons. The number of hydrogen-bond donors (Lipinski definition) is 2. The lowest BCUT2D eigenvalue weighted by atomic mass is 10.1. The number of hydrazine groups is 1. The Bertz CT molecular complexity index is 840. The van der Waals surface area contributed by atoms with E-state index in [9.17, 15) is 18.8 Å². The summed E-state index contributed by atoms with van der Waals surface area (Å²) in [5, 5.41) is 0. The molecule has 134 valence electrons. The van der Waals surface area contributed by atoms with Gasteiger partial charge < -0.3 is 4.90 Å². The second kappa shape index (κ2) is 7.65. The van der Waals surface area contributed by atoms with Gasteiger partial charge in [-0.25, -0.2) is 4.39 Å². The van der Waals surface area contributed by atoms with E-state index in [2.05, 4.69) is 26.8 Å². The van der Waals surface area contributed by atoms with E-state index in [1.54, 1.807) is 24.3 Å². The molecule has 2 aromatic carbocycles. The number of carbonyl (C=O) groups excluding carboxylic acids is 3. The molecule has 1 saturated heterocycles. The second-order valence-corrected chi connectivity index (χ2v) is 6.75. The van der Waals surface area contributed by atoms with Gasteiger partial charge in [-0.2, -0.15) is 0 Å². The number of hydrogen-bond acceptors (Lipinski definition) is 3. The molecule has 1 aliphatic rings. The highest BCUT2D eigenvalue weighted by molar-refractivity contribution is 9.10. The molecule has 0 unspecified atom stereocenters. The van der Waals surface area contributed by atoms with Crippen LogP contribution in [0.25, 0.3) is 0 Å². The minimum atomic E-state index is -0.599. The van der Waals surface area contributed by atoms with E-state index < -0.39 is 23.5 Å². The van der Waals surface area contributed by atoms with Gasteiger partial charge in [-0.3, -0.25) is 25.2 Å². The average Bonchev–Trinajstić information content (AvgIpc) is 3.02. The number of amides is 3. The average molecular weight is 420 g/mol. The Hall–Kier alpha value is -2.74. The quantitative estimate of drug-likeness (QED) is 0.749. The molecule has 26 heavy (non-hydrogen) atoms. The van der Waals surface area contributed by atoms with Gasteiger partial charge in [0.25, 0.3) is 5.91 Å². The predicted octanol–water partition coefficient (Wildman–Crippen LogP) is 2.40. The number of benzene rings is 2. The fourth-order valence-electron chi connectivity index (χ4n) is 2.65. The molecule has 3 amide bonds. The Morgan fingerprint density at radius 3 is 2.35 bits per heavy atom. The molecule has 0 saturated carbocycles. The van der Waals surface area contributed by atoms with Crippen LogP contribution in [0.4, 0.5) is 10.1 Å². The molecule has 1 fully saturated rings. The molecule has 0 aromatic heterocycles. The minimum absolute atomic E-state index is 0.0252. The molecule has 2 aromatic rings. The van der Waals surface area contributed by atoms with Crippen molar-refractivity contribution in [2.75, 3.05) is 11.4 Å². The maximum Gasteiger partial charge on any atom is 0.269 e. The summed E-state index contributed by atoms with van der Waals surface area (Å²) in [6.45, 7) is 0.171. The van der Waals surface area contributed by atoms with Crippen LogP contribution >= 0.6 is 15.9 Å². The van der Waals surface area contributed by atoms with Crippen molar-refractivity contribution in [1.82, 2.24) is 10.9 Å². The van der Waals surface area contributed by atoms with Gasteiger partial charge in [0, 0.05) is 28.7 Å². The van der Waals surface area contributed by atoms with E-state index in [-0.39, 0.29) is 18.9 Å². The number of nitrogens with one attached hydrogen (secondary N) is 2. The van der Waals surface area contributed by atoms with E-state index in [0.717, 1.165) is 4.47 Å². The molecule has 8 heteroatoms. The van der Waals surface area contributed by atoms with Crippen LogP contribution in [0, 0.1) is 11.7 Å². The standard InChI is InChI=1S/C18H15BrFN3O3/c19-13-3-1-11(2-4-13)17(25)21-22-18(26)12-9-16(24)23(10-12)15-7-5-14(20)6-8-15/h1-8,12H,9-10H2,(H,21,25)(H,22,26)/t12-/m1/s1. The molecule has 0 aliphatic carbocycles. The van der Waals surface area contributed by atoms with E-state index in [1.165, 1.54) is 29.2 Å². The van der Waals surface area contributed by atoms with Crippen LogP contribution in [0.2, 0.25) is 0 Å². The Labute approximate surface area is 157 Å². The first-order valence-electron chi connectivity index (χ1n) is 7.86. The third-order valence-electron chi connectivity index (χ3n) is 4.04. The van der Waals surface area contributed by atoms with Crippen molar-refractivity contribution in [2.45, 2.75) is 6.42 Å². The number of carbonyl (C=O) groups is 3. The van der Waals surface area contributed by atoms with E-state index in [1.807, 2.05) is 0 Å². The van der Waals surface area contributed by atoms with Crippen LogP contribution in [0.1, 0.15) is 16.8 Å². The summed E-state index contributed by atoms with van der Waals surface area (Å²) in [6.07, 6.45) is 0.0252. The summed E-state index contributed by atoms with van der Waals surface area (Å²) in [6, 6.07) is 12.1. The third kappa shape index (κ3) is 4.08. The Kier molecular flexibility index (Phi) is 5.32. The summed E-state index contributed by atoms with van der Waals surface area (Å²) in [5.74, 6) is -2.13. The third-order valence-corrected chi connectivity index (χ3v) is 4.57. The van der Waals surface area contributed by atoms with Crippen molar-refractivity contribution in [3.8, 4) is 0 Å². The maximum absolute atomic E-state index is 13.0. The van der Waals surface area contributed by atoms with Crippen LogP contribution in [0.3, 0.4) is 0 Å². The normalized spacial score (nSPS) is 16.5. The summed E-state index contributed by atoms with van der Waals surface area (Å²) in [4.78, 5) is 37.8. The van der Waals surface area contributed by atoms with Gasteiger partial charge in [0.1, 0.15) is 5.82 Å². The van der Waals surface area contributed by atoms with Crippen LogP contribution in [-0.4, -0.2) is 24.3 Å². The lowest BCUT2D eigenvalue weighted by molar-refractivity contribution is -0.126. The predicted molar refractivity (Wildman–Crippen MR) is 96.6 cm³/mol. The van der Waals surface area contributed by atoms with Gasteiger partial charge in [0.2, 0.25) is 11.8 Å². The van der Waals surface area contributed by atoms with Crippen molar-refractivity contribution in [2.24, 2.45) is 5.92 Å². The van der Waals surface area contributed by atoms with Gasteiger partial charge in [-0.1, -0.05) is 15.9 Å². The molecule has 1 heterocycles. The summed E-state index contributed by atoms with van der Waals surface area (Å²) in [7, 11) is 0. The lowest BCUT2D eigenvalue weighted by Gasteiger charge is -2.16. The van der Waals surface area contributed by atoms with Crippen molar-refractivity contribution < 1.29 is 18.8 Å². The summed E-state index contributed by atoms with van der Waals surface area (Å²) < 4.78 is 13.8. The molecule has 6 nitrogen and oxygen atoms in total. The van der Waals surface area contributed by atoms with Crippen LogP contribution in [-0.2, 0) is 9.59 Å². The Morgan fingerprint density at radius 1 is 1.04 bits per heavy atom. The first kappa shape index (κ1) is 18.1. The molecule has 3 rings (SSSR count). The van der Waals surface area contributed by atoms with Gasteiger partial charge in [-0.05, 0) is 48.5 Å². The number of halogens is 2. The topological polar surface area (TPSA) is 78.5 Å². The van der Waals surface area contributed by atoms with Gasteiger partial charge in [0.15, 0.2) is 0 Å². The highest BCUT2D eigenvalue weighted by Crippen LogP contribution is 2.25. The first-order valence-corrected chi connectivity index (χ1v) is 8.65. The van der Waals surface area contributed by atoms with Gasteiger partial charge in [-0.15, -0.1) is 0 Å². The number of rotatable bonds is 3. The smallest absolute Gasteiger partial charge is 0.269 e. The number of anilines is 1. The molecular weight excluding hydrogens is 405 g/mol. The second-order valence-electron chi connectivity index (χ2n) is 5.83. The number of nitrogens with zero attached hydrogens (tertiary/aromatic N) is 1. The zero-order chi connectivity index (χ0) is 18.7. The van der Waals surface area contributed by atoms with Gasteiger partial charge >= 0.3 is 0 Å². The fourth-order valence-corrected chi connectivity index (χ4v) is 2.91. The molecule has 0 bridgehead atoms. The van der Waals surface area contributed by atoms with Crippen molar-refractivity contribution in [1.29, 1.82) is 0 Å². The highest BCUT2D eigenvalue weighted by atomic mass is 79.9. The molecule has 1 aliphatic heterocycles. The molecule has 0 spiro atoms. The highest BCUT2D eigenvalue weighted by Gasteiger charge is 2.35. The van der Waals surface area contributed by atoms with E-state index in [0.29, 0.717) is 11.3 Å². The van der Waals surface area contributed by atoms with E-state index >= 15 is 0 Å². The summed E-state index contributed by atoms with van der Waals surface area (Å²) in [5.41, 5.74) is 5.61. The zero-order valence-corrected chi connectivity index (χ0v) is 15.1. The molecule has 1 atom stereocenters. The van der Waals surface area contributed by atoms with Crippen LogP contribution in [0.5, 0.6) is 0 Å². The monoisotopic (exact) mass is 419 g/mol. The first-order chi connectivity index (χ1) is 12.4. The van der Waals surface area contributed by atoms with Gasteiger partial charge in [0.05, 0.1) is 5.92 Å². The van der Waals surface area contributed by atoms with E-state index in [4.69, 9.17) is 0 Å². The summed E-state index contributed by atoms with van der Waals surface area (Å²) >= 11 is 3.28. The lowest BCUT2D eigenvalue weighted by Crippen LogP contribution is -2.45. The van der Waals surface area contributed by atoms with Crippen molar-refractivity contribution in [3.63, 3.8) is 0 Å². The Balaban J connectivity index is 1.57. The van der Waals surface area contributed by atoms with Crippen molar-refractivity contribution >= 4 is 39.3 Å². The van der Waals surface area contributed by atoms with Crippen molar-refractivity contribution in [3.05, 3.63) is 64.4 Å². The minimum Gasteiger partial charge on any atom is -0.312 e. The largest absolute Gasteiger partial charge is 0.312 e. The zero-order valence-electron chi connectivity index (χ0n) is 13.5. The Morgan fingerprint density at radius 2 is 1.69 bits per heavy atom. The van der Waals surface area contributed by atoms with Crippen LogP contribution < -0.4 is 15.8 Å². The fraction of sp³-hybridized carbons (Fsp3) is 0.167. The SMILES string of the molecule is O=C(NNC(=O)[C@@H]1CC(=O)N(c2ccc(F)cc2)C1)c1ccc(Br)cc1. The maximum atomic E-state index is 13.0. The van der Waals surface area contributed by atoms with Crippen LogP contribution in [0.15, 0.2) is 53.0 Å². The molecule has 2 N–H and O–H groups in total. The molecular formula is C18H15BrFN3O3.